The predicted molar refractivity (Wildman–Crippen MR) is 111 cm³/mol. The Morgan fingerprint density at radius 1 is 0.933 bits per heavy atom. The first-order valence-corrected chi connectivity index (χ1v) is 9.29. The standard InChI is InChI=1S/C23H24O7/c1-13(24)29-14-7-8-18(26-4)16(11-14)20(25)17-12-19(27-5)22-15(21(17)28-6)9-10-23(2,3)30-22/h7-12H,1-6H3. The van der Waals surface area contributed by atoms with Crippen molar-refractivity contribution in [3.05, 3.63) is 47.0 Å². The molecular formula is C23H24O7. The molecule has 0 aliphatic carbocycles. The minimum absolute atomic E-state index is 0.220. The summed E-state index contributed by atoms with van der Waals surface area (Å²) in [5.74, 6) is 0.958. The van der Waals surface area contributed by atoms with Crippen molar-refractivity contribution >= 4 is 17.8 Å². The van der Waals surface area contributed by atoms with Gasteiger partial charge in [-0.1, -0.05) is 0 Å². The van der Waals surface area contributed by atoms with Crippen molar-refractivity contribution in [2.75, 3.05) is 21.3 Å². The van der Waals surface area contributed by atoms with Crippen LogP contribution in [0.15, 0.2) is 30.3 Å². The fourth-order valence-electron chi connectivity index (χ4n) is 3.26. The number of fused-ring (bicyclic) bond motifs is 1. The molecule has 158 valence electrons. The second-order valence-corrected chi connectivity index (χ2v) is 7.23. The Kier molecular flexibility index (Phi) is 5.73. The lowest BCUT2D eigenvalue weighted by Crippen LogP contribution is -2.28. The number of ether oxygens (including phenoxy) is 5. The highest BCUT2D eigenvalue weighted by Gasteiger charge is 2.31. The van der Waals surface area contributed by atoms with Crippen molar-refractivity contribution in [3.63, 3.8) is 0 Å². The fraction of sp³-hybridized carbons (Fsp3) is 0.304. The average molecular weight is 412 g/mol. The summed E-state index contributed by atoms with van der Waals surface area (Å²) in [4.78, 5) is 24.8. The highest BCUT2D eigenvalue weighted by Crippen LogP contribution is 2.46. The lowest BCUT2D eigenvalue weighted by Gasteiger charge is -2.30. The van der Waals surface area contributed by atoms with Crippen molar-refractivity contribution in [2.45, 2.75) is 26.4 Å². The van der Waals surface area contributed by atoms with Gasteiger partial charge in [0, 0.05) is 6.92 Å². The number of carbonyl (C=O) groups excluding carboxylic acids is 2. The van der Waals surface area contributed by atoms with Crippen molar-refractivity contribution in [1.29, 1.82) is 0 Å². The van der Waals surface area contributed by atoms with Crippen LogP contribution in [-0.4, -0.2) is 38.7 Å². The van der Waals surface area contributed by atoms with Crippen LogP contribution in [0.25, 0.3) is 6.08 Å². The van der Waals surface area contributed by atoms with E-state index in [1.54, 1.807) is 18.2 Å². The molecular weight excluding hydrogens is 388 g/mol. The summed E-state index contributed by atoms with van der Waals surface area (Å²) in [6, 6.07) is 6.16. The smallest absolute Gasteiger partial charge is 0.308 e. The van der Waals surface area contributed by atoms with Gasteiger partial charge in [-0.3, -0.25) is 9.59 Å². The summed E-state index contributed by atoms with van der Waals surface area (Å²) < 4.78 is 27.6. The van der Waals surface area contributed by atoms with Crippen LogP contribution in [-0.2, 0) is 4.79 Å². The highest BCUT2D eigenvalue weighted by molar-refractivity contribution is 6.13. The third-order valence-electron chi connectivity index (χ3n) is 4.60. The minimum atomic E-state index is -0.529. The molecule has 0 amide bonds. The zero-order chi connectivity index (χ0) is 22.1. The van der Waals surface area contributed by atoms with E-state index < -0.39 is 11.6 Å². The SMILES string of the molecule is COc1ccc(OC(C)=O)cc1C(=O)c1cc(OC)c2c(c1OC)C=CC(C)(C)O2. The van der Waals surface area contributed by atoms with Crippen LogP contribution in [0.5, 0.6) is 28.7 Å². The van der Waals surface area contributed by atoms with Crippen LogP contribution in [0.1, 0.15) is 42.3 Å². The van der Waals surface area contributed by atoms with Gasteiger partial charge in [0.1, 0.15) is 22.8 Å². The molecule has 1 heterocycles. The molecule has 2 aromatic rings. The summed E-state index contributed by atoms with van der Waals surface area (Å²) in [6.45, 7) is 5.13. The normalized spacial score (nSPS) is 13.7. The summed E-state index contributed by atoms with van der Waals surface area (Å²) in [5, 5.41) is 0. The third-order valence-corrected chi connectivity index (χ3v) is 4.60. The van der Waals surface area contributed by atoms with E-state index in [-0.39, 0.29) is 22.7 Å². The topological polar surface area (TPSA) is 80.3 Å². The summed E-state index contributed by atoms with van der Waals surface area (Å²) in [5.41, 5.74) is 0.560. The molecule has 0 aromatic heterocycles. The van der Waals surface area contributed by atoms with E-state index in [0.717, 1.165) is 0 Å². The number of benzene rings is 2. The van der Waals surface area contributed by atoms with Crippen LogP contribution >= 0.6 is 0 Å². The van der Waals surface area contributed by atoms with Gasteiger partial charge in [-0.25, -0.2) is 0 Å². The maximum Gasteiger partial charge on any atom is 0.308 e. The van der Waals surface area contributed by atoms with Gasteiger partial charge in [-0.2, -0.15) is 0 Å². The zero-order valence-corrected chi connectivity index (χ0v) is 17.8. The summed E-state index contributed by atoms with van der Waals surface area (Å²) in [6.07, 6.45) is 3.73. The molecule has 0 saturated heterocycles. The van der Waals surface area contributed by atoms with E-state index in [2.05, 4.69) is 0 Å². The minimum Gasteiger partial charge on any atom is -0.496 e. The molecule has 0 unspecified atom stereocenters. The molecule has 7 nitrogen and oxygen atoms in total. The molecule has 2 aromatic carbocycles. The van der Waals surface area contributed by atoms with Gasteiger partial charge in [0.05, 0.1) is 38.0 Å². The Morgan fingerprint density at radius 3 is 2.23 bits per heavy atom. The van der Waals surface area contributed by atoms with Gasteiger partial charge in [-0.15, -0.1) is 0 Å². The van der Waals surface area contributed by atoms with Crippen molar-refractivity contribution in [3.8, 4) is 28.7 Å². The quantitative estimate of drug-likeness (QED) is 0.402. The second kappa shape index (κ2) is 8.10. The third kappa shape index (κ3) is 3.96. The van der Waals surface area contributed by atoms with E-state index in [9.17, 15) is 9.59 Å². The van der Waals surface area contributed by atoms with E-state index in [0.29, 0.717) is 28.6 Å². The highest BCUT2D eigenvalue weighted by atomic mass is 16.5. The first-order chi connectivity index (χ1) is 14.2. The summed E-state index contributed by atoms with van der Waals surface area (Å²) >= 11 is 0. The van der Waals surface area contributed by atoms with E-state index in [4.69, 9.17) is 23.7 Å². The number of hydrogen-bond acceptors (Lipinski definition) is 7. The van der Waals surface area contributed by atoms with Crippen LogP contribution in [0, 0.1) is 0 Å². The van der Waals surface area contributed by atoms with E-state index in [1.807, 2.05) is 26.0 Å². The Labute approximate surface area is 175 Å². The molecule has 1 aliphatic heterocycles. The molecule has 3 rings (SSSR count). The second-order valence-electron chi connectivity index (χ2n) is 7.23. The largest absolute Gasteiger partial charge is 0.496 e. The molecule has 0 bridgehead atoms. The number of methoxy groups -OCH3 is 3. The average Bonchev–Trinajstić information content (AvgIpc) is 2.70. The van der Waals surface area contributed by atoms with Gasteiger partial charge < -0.3 is 23.7 Å². The Bertz CT molecular complexity index is 1030. The fourth-order valence-corrected chi connectivity index (χ4v) is 3.26. The van der Waals surface area contributed by atoms with E-state index >= 15 is 0 Å². The van der Waals surface area contributed by atoms with Gasteiger partial charge in [0.2, 0.25) is 5.78 Å². The van der Waals surface area contributed by atoms with Crippen LogP contribution < -0.4 is 23.7 Å². The molecule has 0 atom stereocenters. The lowest BCUT2D eigenvalue weighted by molar-refractivity contribution is -0.131. The monoisotopic (exact) mass is 412 g/mol. The summed E-state index contributed by atoms with van der Waals surface area (Å²) in [7, 11) is 4.45. The number of esters is 1. The maximum absolute atomic E-state index is 13.5. The van der Waals surface area contributed by atoms with Crippen molar-refractivity contribution < 1.29 is 33.3 Å². The molecule has 7 heteroatoms. The Morgan fingerprint density at radius 2 is 1.63 bits per heavy atom. The molecule has 0 fully saturated rings. The molecule has 0 radical (unpaired) electrons. The number of ketones is 1. The van der Waals surface area contributed by atoms with Crippen LogP contribution in [0.3, 0.4) is 0 Å². The Balaban J connectivity index is 2.19. The number of hydrogen-bond donors (Lipinski definition) is 0. The first kappa shape index (κ1) is 21.2. The number of carbonyl (C=O) groups is 2. The zero-order valence-electron chi connectivity index (χ0n) is 17.8. The van der Waals surface area contributed by atoms with Crippen LogP contribution in [0.2, 0.25) is 0 Å². The van der Waals surface area contributed by atoms with Gasteiger partial charge >= 0.3 is 5.97 Å². The maximum atomic E-state index is 13.5. The lowest BCUT2D eigenvalue weighted by atomic mass is 9.94. The van der Waals surface area contributed by atoms with Gasteiger partial charge in [0.25, 0.3) is 0 Å². The van der Waals surface area contributed by atoms with E-state index in [1.165, 1.54) is 34.3 Å². The van der Waals surface area contributed by atoms with Gasteiger partial charge in [0.15, 0.2) is 11.5 Å². The van der Waals surface area contributed by atoms with Gasteiger partial charge in [-0.05, 0) is 50.3 Å². The molecule has 30 heavy (non-hydrogen) atoms. The van der Waals surface area contributed by atoms with Crippen molar-refractivity contribution in [2.24, 2.45) is 0 Å². The molecule has 0 saturated carbocycles. The van der Waals surface area contributed by atoms with Crippen LogP contribution in [0.4, 0.5) is 0 Å². The first-order valence-electron chi connectivity index (χ1n) is 9.29. The molecule has 0 spiro atoms. The molecule has 0 N–H and O–H groups in total. The Hall–Kier alpha value is -3.48. The number of rotatable bonds is 6. The predicted octanol–water partition coefficient (Wildman–Crippen LogP) is 4.05. The van der Waals surface area contributed by atoms with Crippen molar-refractivity contribution in [1.82, 2.24) is 0 Å². The molecule has 1 aliphatic rings.